The van der Waals surface area contributed by atoms with Crippen molar-refractivity contribution in [2.75, 3.05) is 12.8 Å². The number of ether oxygens (including phenoxy) is 2. The van der Waals surface area contributed by atoms with E-state index in [1.807, 2.05) is 57.2 Å². The molecule has 1 aliphatic rings. The first-order valence-corrected chi connectivity index (χ1v) is 14.2. The van der Waals surface area contributed by atoms with E-state index in [1.165, 1.54) is 11.8 Å². The van der Waals surface area contributed by atoms with Crippen LogP contribution in [0.25, 0.3) is 6.08 Å². The lowest BCUT2D eigenvalue weighted by Crippen LogP contribution is -2.33. The molecule has 0 heterocycles. The zero-order valence-electron chi connectivity index (χ0n) is 21.2. The Morgan fingerprint density at radius 3 is 2.40 bits per heavy atom. The monoisotopic (exact) mass is 499 g/mol. The van der Waals surface area contributed by atoms with E-state index in [4.69, 9.17) is 9.47 Å². The van der Waals surface area contributed by atoms with Gasteiger partial charge in [-0.15, -0.1) is 0 Å². The fraction of sp³-hybridized carbons (Fsp3) is 0.464. The summed E-state index contributed by atoms with van der Waals surface area (Å²) < 4.78 is 34.9. The Balaban J connectivity index is 1.56. The highest BCUT2D eigenvalue weighted by molar-refractivity contribution is 7.90. The topological polar surface area (TPSA) is 72.9 Å². The summed E-state index contributed by atoms with van der Waals surface area (Å²) in [5.41, 5.74) is 3.39. The molecule has 6 nitrogen and oxygen atoms in total. The van der Waals surface area contributed by atoms with Gasteiger partial charge in [0.1, 0.15) is 5.75 Å². The fourth-order valence-corrected chi connectivity index (χ4v) is 4.81. The lowest BCUT2D eigenvalue weighted by molar-refractivity contribution is 0.0744. The Bertz CT molecular complexity index is 1110. The van der Waals surface area contributed by atoms with Crippen LogP contribution in [0.3, 0.4) is 0 Å². The largest absolute Gasteiger partial charge is 0.490 e. The first kappa shape index (κ1) is 26.8. The molecule has 0 aliphatic heterocycles. The molecular weight excluding hydrogens is 462 g/mol. The Morgan fingerprint density at radius 2 is 1.80 bits per heavy atom. The molecule has 3 rings (SSSR count). The fourth-order valence-electron chi connectivity index (χ4n) is 4.18. The van der Waals surface area contributed by atoms with E-state index in [-0.39, 0.29) is 18.3 Å². The van der Waals surface area contributed by atoms with E-state index >= 15 is 0 Å². The van der Waals surface area contributed by atoms with Crippen LogP contribution in [-0.4, -0.2) is 44.4 Å². The predicted molar refractivity (Wildman–Crippen MR) is 139 cm³/mol. The highest BCUT2D eigenvalue weighted by Crippen LogP contribution is 2.29. The van der Waals surface area contributed by atoms with Crippen LogP contribution in [0.5, 0.6) is 5.75 Å². The molecule has 190 valence electrons. The van der Waals surface area contributed by atoms with Gasteiger partial charge in [-0.1, -0.05) is 42.8 Å². The van der Waals surface area contributed by atoms with E-state index in [0.717, 1.165) is 49.0 Å². The van der Waals surface area contributed by atoms with Crippen molar-refractivity contribution in [2.45, 2.75) is 76.5 Å². The van der Waals surface area contributed by atoms with Gasteiger partial charge in [-0.05, 0) is 81.3 Å². The molecule has 2 aromatic rings. The summed E-state index contributed by atoms with van der Waals surface area (Å²) in [7, 11) is -3.17. The summed E-state index contributed by atoms with van der Waals surface area (Å²) in [6, 6.07) is 15.0. The van der Waals surface area contributed by atoms with E-state index in [0.29, 0.717) is 18.0 Å². The number of nitrogens with zero attached hydrogens (tertiary/aromatic N) is 1. The number of carbonyl (C=O) groups is 1. The summed E-state index contributed by atoms with van der Waals surface area (Å²) >= 11 is 0. The average Bonchev–Trinajstić information content (AvgIpc) is 2.80. The highest BCUT2D eigenvalue weighted by atomic mass is 32.2. The van der Waals surface area contributed by atoms with Crippen LogP contribution >= 0.6 is 0 Å². The van der Waals surface area contributed by atoms with Crippen molar-refractivity contribution in [1.29, 1.82) is 0 Å². The van der Waals surface area contributed by atoms with E-state index < -0.39 is 9.84 Å². The molecule has 0 unspecified atom stereocenters. The smallest absolute Gasteiger partial charge is 0.410 e. The summed E-state index contributed by atoms with van der Waals surface area (Å²) in [5.74, 6) is 0.824. The van der Waals surface area contributed by atoms with E-state index in [9.17, 15) is 13.2 Å². The zero-order valence-corrected chi connectivity index (χ0v) is 22.0. The Labute approximate surface area is 209 Å². The van der Waals surface area contributed by atoms with Crippen molar-refractivity contribution in [2.24, 2.45) is 0 Å². The molecule has 0 radical (unpaired) electrons. The number of benzene rings is 2. The number of amides is 1. The summed E-state index contributed by atoms with van der Waals surface area (Å²) in [6.07, 6.45) is 7.71. The standard InChI is InChI=1S/C28H37NO5S/c1-5-17-29(28(30)33-21(2)3)20-24-7-6-8-26(19-24)34-25-13-9-22(10-14-25)18-23-11-15-27(16-12-23)35(4,31)32/h6-8,11-12,15-16,18-19,21,25H,5,9-10,13-14,17,20H2,1-4H3. The molecule has 0 N–H and O–H groups in total. The van der Waals surface area contributed by atoms with Gasteiger partial charge >= 0.3 is 6.09 Å². The van der Waals surface area contributed by atoms with Crippen molar-refractivity contribution in [3.63, 3.8) is 0 Å². The molecule has 0 spiro atoms. The van der Waals surface area contributed by atoms with Gasteiger partial charge in [0.05, 0.1) is 17.1 Å². The van der Waals surface area contributed by atoms with E-state index in [2.05, 4.69) is 6.08 Å². The first-order chi connectivity index (χ1) is 16.6. The van der Waals surface area contributed by atoms with Crippen molar-refractivity contribution in [3.8, 4) is 5.75 Å². The maximum Gasteiger partial charge on any atom is 0.410 e. The molecule has 0 bridgehead atoms. The Kier molecular flexibility index (Phi) is 9.38. The van der Waals surface area contributed by atoms with Gasteiger partial charge < -0.3 is 14.4 Å². The minimum atomic E-state index is -3.17. The molecule has 1 saturated carbocycles. The van der Waals surface area contributed by atoms with Gasteiger partial charge in [0, 0.05) is 19.3 Å². The first-order valence-electron chi connectivity index (χ1n) is 12.3. The second-order valence-electron chi connectivity index (χ2n) is 9.46. The van der Waals surface area contributed by atoms with E-state index in [1.54, 1.807) is 17.0 Å². The molecule has 35 heavy (non-hydrogen) atoms. The second-order valence-corrected chi connectivity index (χ2v) is 11.5. The zero-order chi connectivity index (χ0) is 25.4. The number of hydrogen-bond acceptors (Lipinski definition) is 5. The van der Waals surface area contributed by atoms with Gasteiger partial charge in [-0.3, -0.25) is 0 Å². The predicted octanol–water partition coefficient (Wildman–Crippen LogP) is 6.25. The highest BCUT2D eigenvalue weighted by Gasteiger charge is 2.20. The van der Waals surface area contributed by atoms with Crippen LogP contribution in [0.4, 0.5) is 4.79 Å². The van der Waals surface area contributed by atoms with Crippen molar-refractivity contribution in [3.05, 3.63) is 65.2 Å². The molecule has 0 aromatic heterocycles. The molecular formula is C28H37NO5S. The third-order valence-corrected chi connectivity index (χ3v) is 7.05. The maximum absolute atomic E-state index is 12.4. The van der Waals surface area contributed by atoms with Gasteiger partial charge in [0.25, 0.3) is 0 Å². The SMILES string of the molecule is CCCN(Cc1cccc(OC2CCC(=Cc3ccc(S(C)(=O)=O)cc3)CC2)c1)C(=O)OC(C)C. The van der Waals surface area contributed by atoms with Crippen molar-refractivity contribution in [1.82, 2.24) is 4.90 Å². The van der Waals surface area contributed by atoms with Gasteiger partial charge in [0.2, 0.25) is 0 Å². The van der Waals surface area contributed by atoms with Crippen LogP contribution in [0.2, 0.25) is 0 Å². The maximum atomic E-state index is 12.4. The van der Waals surface area contributed by atoms with Crippen LogP contribution < -0.4 is 4.74 Å². The molecule has 0 atom stereocenters. The summed E-state index contributed by atoms with van der Waals surface area (Å²) in [4.78, 5) is 14.5. The average molecular weight is 500 g/mol. The number of sulfone groups is 1. The number of hydrogen-bond donors (Lipinski definition) is 0. The molecule has 1 amide bonds. The van der Waals surface area contributed by atoms with Gasteiger partial charge in [-0.25, -0.2) is 13.2 Å². The van der Waals surface area contributed by atoms with Crippen LogP contribution in [0.1, 0.15) is 64.0 Å². The molecule has 1 aliphatic carbocycles. The van der Waals surface area contributed by atoms with Gasteiger partial charge in [0.15, 0.2) is 9.84 Å². The summed E-state index contributed by atoms with van der Waals surface area (Å²) in [6.45, 7) is 6.90. The van der Waals surface area contributed by atoms with Crippen LogP contribution in [0.15, 0.2) is 59.0 Å². The lowest BCUT2D eigenvalue weighted by atomic mass is 9.91. The minimum Gasteiger partial charge on any atom is -0.490 e. The minimum absolute atomic E-state index is 0.145. The molecule has 0 saturated heterocycles. The second kappa shape index (κ2) is 12.2. The molecule has 2 aromatic carbocycles. The third-order valence-electron chi connectivity index (χ3n) is 5.92. The number of carbonyl (C=O) groups excluding carboxylic acids is 1. The Morgan fingerprint density at radius 1 is 1.11 bits per heavy atom. The lowest BCUT2D eigenvalue weighted by Gasteiger charge is -2.26. The molecule has 1 fully saturated rings. The normalized spacial score (nSPS) is 16.1. The van der Waals surface area contributed by atoms with Crippen molar-refractivity contribution < 1.29 is 22.7 Å². The molecule has 7 heteroatoms. The third kappa shape index (κ3) is 8.42. The van der Waals surface area contributed by atoms with Crippen molar-refractivity contribution >= 4 is 22.0 Å². The summed E-state index contributed by atoms with van der Waals surface area (Å²) in [5, 5.41) is 0. The van der Waals surface area contributed by atoms with Crippen LogP contribution in [-0.2, 0) is 21.1 Å². The van der Waals surface area contributed by atoms with Crippen LogP contribution in [0, 0.1) is 0 Å². The number of allylic oxidation sites excluding steroid dienone is 1. The Hall–Kier alpha value is -2.80. The quantitative estimate of drug-likeness (QED) is 0.408. The number of rotatable bonds is 9. The van der Waals surface area contributed by atoms with Gasteiger partial charge in [-0.2, -0.15) is 0 Å².